The Morgan fingerprint density at radius 3 is 2.37 bits per heavy atom. The number of aryl methyl sites for hydroxylation is 1. The quantitative estimate of drug-likeness (QED) is 0.598. The van der Waals surface area contributed by atoms with E-state index in [2.05, 4.69) is 5.32 Å². The monoisotopic (exact) mass is 432 g/mol. The third kappa shape index (κ3) is 4.86. The number of aliphatic carboxylic acids is 1. The zero-order chi connectivity index (χ0) is 21.9. The van der Waals surface area contributed by atoms with E-state index in [1.54, 1.807) is 42.5 Å². The lowest BCUT2D eigenvalue weighted by Crippen LogP contribution is -2.51. The molecule has 8 nitrogen and oxygen atoms in total. The number of nitrogens with one attached hydrogen (secondary N) is 1. The highest BCUT2D eigenvalue weighted by molar-refractivity contribution is 7.89. The lowest BCUT2D eigenvalue weighted by atomic mass is 10.1. The number of benzene rings is 2. The van der Waals surface area contributed by atoms with Crippen molar-refractivity contribution in [2.75, 3.05) is 6.54 Å². The van der Waals surface area contributed by atoms with Crippen molar-refractivity contribution >= 4 is 21.9 Å². The molecule has 2 aromatic carbocycles. The van der Waals surface area contributed by atoms with Gasteiger partial charge in [-0.15, -0.1) is 0 Å². The second kappa shape index (κ2) is 8.95. The normalized spacial score (nSPS) is 20.6. The SMILES string of the molecule is Cc1ccc(S(=O)(=O)N2C[C@@H](O)C[C@H]2C(=O)N[C@@H](Cc2ccccc2)C(=O)O)cc1. The van der Waals surface area contributed by atoms with Crippen LogP contribution in [0.3, 0.4) is 0 Å². The van der Waals surface area contributed by atoms with E-state index < -0.39 is 40.1 Å². The summed E-state index contributed by atoms with van der Waals surface area (Å²) in [6.45, 7) is 1.59. The van der Waals surface area contributed by atoms with Gasteiger partial charge in [-0.05, 0) is 24.6 Å². The van der Waals surface area contributed by atoms with E-state index in [1.165, 1.54) is 12.1 Å². The van der Waals surface area contributed by atoms with Gasteiger partial charge in [0.15, 0.2) is 0 Å². The Balaban J connectivity index is 1.80. The first-order valence-electron chi connectivity index (χ1n) is 9.52. The first-order chi connectivity index (χ1) is 14.2. The van der Waals surface area contributed by atoms with Gasteiger partial charge in [-0.1, -0.05) is 48.0 Å². The molecule has 0 spiro atoms. The highest BCUT2D eigenvalue weighted by Crippen LogP contribution is 2.27. The van der Waals surface area contributed by atoms with E-state index in [1.807, 2.05) is 6.92 Å². The number of carboxylic acid groups (broad SMARTS) is 1. The molecular formula is C21H24N2O6S. The largest absolute Gasteiger partial charge is 0.480 e. The van der Waals surface area contributed by atoms with Gasteiger partial charge in [0, 0.05) is 19.4 Å². The molecule has 0 aliphatic carbocycles. The third-order valence-corrected chi connectivity index (χ3v) is 6.95. The maximum atomic E-state index is 13.0. The second-order valence-electron chi connectivity index (χ2n) is 7.38. The Bertz CT molecular complexity index is 1010. The number of β-amino-alcohol motifs (C(OH)–C–C–N with tert-alkyl or cyclic N) is 1. The van der Waals surface area contributed by atoms with E-state index in [-0.39, 0.29) is 24.3 Å². The molecule has 3 atom stereocenters. The molecule has 3 rings (SSSR count). The number of carboxylic acids is 1. The lowest BCUT2D eigenvalue weighted by molar-refractivity contribution is -0.142. The number of carbonyl (C=O) groups is 2. The van der Waals surface area contributed by atoms with Crippen LogP contribution in [0.2, 0.25) is 0 Å². The Morgan fingerprint density at radius 1 is 1.13 bits per heavy atom. The minimum Gasteiger partial charge on any atom is -0.480 e. The van der Waals surface area contributed by atoms with Crippen molar-refractivity contribution < 1.29 is 28.2 Å². The average molecular weight is 432 g/mol. The first kappa shape index (κ1) is 21.9. The van der Waals surface area contributed by atoms with Crippen LogP contribution in [0.4, 0.5) is 0 Å². The predicted octanol–water partition coefficient (Wildman–Crippen LogP) is 0.931. The molecule has 30 heavy (non-hydrogen) atoms. The van der Waals surface area contributed by atoms with Crippen molar-refractivity contribution in [2.45, 2.75) is 42.8 Å². The number of aliphatic hydroxyl groups is 1. The van der Waals surface area contributed by atoms with Crippen LogP contribution < -0.4 is 5.32 Å². The molecule has 9 heteroatoms. The van der Waals surface area contributed by atoms with Gasteiger partial charge in [0.1, 0.15) is 12.1 Å². The number of hydrogen-bond donors (Lipinski definition) is 3. The summed E-state index contributed by atoms with van der Waals surface area (Å²) >= 11 is 0. The average Bonchev–Trinajstić information content (AvgIpc) is 3.11. The Morgan fingerprint density at radius 2 is 1.77 bits per heavy atom. The number of rotatable bonds is 7. The lowest BCUT2D eigenvalue weighted by Gasteiger charge is -2.25. The molecule has 0 radical (unpaired) electrons. The number of nitrogens with zero attached hydrogens (tertiary/aromatic N) is 1. The van der Waals surface area contributed by atoms with Gasteiger partial charge in [0.25, 0.3) is 0 Å². The molecule has 0 aromatic heterocycles. The van der Waals surface area contributed by atoms with Crippen LogP contribution in [-0.4, -0.2) is 59.5 Å². The fraction of sp³-hybridized carbons (Fsp3) is 0.333. The molecule has 1 aliphatic heterocycles. The molecule has 1 saturated heterocycles. The highest BCUT2D eigenvalue weighted by atomic mass is 32.2. The molecule has 1 amide bonds. The van der Waals surface area contributed by atoms with Crippen LogP contribution in [0.25, 0.3) is 0 Å². The third-order valence-electron chi connectivity index (χ3n) is 5.06. The summed E-state index contributed by atoms with van der Waals surface area (Å²) in [4.78, 5) is 24.5. The molecule has 3 N–H and O–H groups in total. The van der Waals surface area contributed by atoms with Crippen molar-refractivity contribution in [2.24, 2.45) is 0 Å². The van der Waals surface area contributed by atoms with Crippen molar-refractivity contribution in [3.05, 3.63) is 65.7 Å². The summed E-state index contributed by atoms with van der Waals surface area (Å²) in [5, 5.41) is 22.0. The minimum atomic E-state index is -4.03. The van der Waals surface area contributed by atoms with Crippen molar-refractivity contribution in [1.29, 1.82) is 0 Å². The van der Waals surface area contributed by atoms with Crippen molar-refractivity contribution in [1.82, 2.24) is 9.62 Å². The zero-order valence-corrected chi connectivity index (χ0v) is 17.2. The standard InChI is InChI=1S/C21H24N2O6S/c1-14-7-9-17(10-8-14)30(28,29)23-13-16(24)12-19(23)20(25)22-18(21(26)27)11-15-5-3-2-4-6-15/h2-10,16,18-19,24H,11-13H2,1H3,(H,22,25)(H,26,27)/t16-,18-,19-/m0/s1. The van der Waals surface area contributed by atoms with Crippen LogP contribution in [0, 0.1) is 6.92 Å². The summed E-state index contributed by atoms with van der Waals surface area (Å²) in [5.74, 6) is -1.97. The van der Waals surface area contributed by atoms with Gasteiger partial charge in [0.05, 0.1) is 11.0 Å². The molecule has 1 fully saturated rings. The van der Waals surface area contributed by atoms with E-state index >= 15 is 0 Å². The maximum Gasteiger partial charge on any atom is 0.326 e. The second-order valence-corrected chi connectivity index (χ2v) is 9.27. The molecule has 2 aromatic rings. The topological polar surface area (TPSA) is 124 Å². The van der Waals surface area contributed by atoms with Crippen molar-refractivity contribution in [3.8, 4) is 0 Å². The Kier molecular flexibility index (Phi) is 6.55. The molecular weight excluding hydrogens is 408 g/mol. The summed E-state index contributed by atoms with van der Waals surface area (Å²) < 4.78 is 27.0. The Labute approximate surface area is 175 Å². The van der Waals surface area contributed by atoms with E-state index in [0.717, 1.165) is 15.4 Å². The van der Waals surface area contributed by atoms with Gasteiger partial charge in [0.2, 0.25) is 15.9 Å². The summed E-state index contributed by atoms with van der Waals surface area (Å²) in [6, 6.07) is 12.6. The van der Waals surface area contributed by atoms with Crippen LogP contribution in [-0.2, 0) is 26.0 Å². The van der Waals surface area contributed by atoms with E-state index in [9.17, 15) is 28.2 Å². The zero-order valence-electron chi connectivity index (χ0n) is 16.4. The van der Waals surface area contributed by atoms with E-state index in [0.29, 0.717) is 0 Å². The highest BCUT2D eigenvalue weighted by Gasteiger charge is 2.44. The van der Waals surface area contributed by atoms with Gasteiger partial charge in [-0.25, -0.2) is 13.2 Å². The first-order valence-corrected chi connectivity index (χ1v) is 11.0. The van der Waals surface area contributed by atoms with Gasteiger partial charge in [-0.2, -0.15) is 4.31 Å². The predicted molar refractivity (Wildman–Crippen MR) is 109 cm³/mol. The number of hydrogen-bond acceptors (Lipinski definition) is 5. The molecule has 1 aliphatic rings. The van der Waals surface area contributed by atoms with Crippen LogP contribution in [0.1, 0.15) is 17.5 Å². The molecule has 1 heterocycles. The number of carbonyl (C=O) groups excluding carboxylic acids is 1. The van der Waals surface area contributed by atoms with E-state index in [4.69, 9.17) is 0 Å². The van der Waals surface area contributed by atoms with Gasteiger partial charge >= 0.3 is 5.97 Å². The number of sulfonamides is 1. The summed E-state index contributed by atoms with van der Waals surface area (Å²) in [6.07, 6.45) is -1.06. The van der Waals surface area contributed by atoms with Crippen LogP contribution in [0.15, 0.2) is 59.5 Å². The summed E-state index contributed by atoms with van der Waals surface area (Å²) in [7, 11) is -4.03. The molecule has 160 valence electrons. The van der Waals surface area contributed by atoms with Crippen molar-refractivity contribution in [3.63, 3.8) is 0 Å². The minimum absolute atomic E-state index is 0.0130. The van der Waals surface area contributed by atoms with Gasteiger partial charge in [-0.3, -0.25) is 4.79 Å². The van der Waals surface area contributed by atoms with Gasteiger partial charge < -0.3 is 15.5 Å². The fourth-order valence-corrected chi connectivity index (χ4v) is 5.09. The number of amides is 1. The van der Waals surface area contributed by atoms with Crippen LogP contribution in [0.5, 0.6) is 0 Å². The van der Waals surface area contributed by atoms with Crippen LogP contribution >= 0.6 is 0 Å². The number of aliphatic hydroxyl groups excluding tert-OH is 1. The smallest absolute Gasteiger partial charge is 0.326 e. The molecule has 0 bridgehead atoms. The summed E-state index contributed by atoms with van der Waals surface area (Å²) in [5.41, 5.74) is 1.61. The fourth-order valence-electron chi connectivity index (χ4n) is 3.45. The maximum absolute atomic E-state index is 13.0. The molecule has 0 unspecified atom stereocenters. The Hall–Kier alpha value is -2.75. The molecule has 0 saturated carbocycles.